The lowest BCUT2D eigenvalue weighted by molar-refractivity contribution is 0.0133. The summed E-state index contributed by atoms with van der Waals surface area (Å²) in [5.41, 5.74) is 0.448. The van der Waals surface area contributed by atoms with Gasteiger partial charge in [0.05, 0.1) is 41.7 Å². The summed E-state index contributed by atoms with van der Waals surface area (Å²) < 4.78 is 27.0. The molecule has 0 aromatic heterocycles. The number of hydrogen-bond acceptors (Lipinski definition) is 6. The molecule has 3 rings (SSSR count). The van der Waals surface area contributed by atoms with Crippen LogP contribution in [0.25, 0.3) is 0 Å². The largest absolute Gasteiger partial charge is 0.493 e. The zero-order valence-corrected chi connectivity index (χ0v) is 15.4. The maximum absolute atomic E-state index is 11.5. The monoisotopic (exact) mass is 360 g/mol. The van der Waals surface area contributed by atoms with Crippen LogP contribution in [0.2, 0.25) is 0 Å². The lowest BCUT2D eigenvalue weighted by Crippen LogP contribution is -2.32. The Morgan fingerprint density at radius 2 is 1.42 bits per heavy atom. The second-order valence-corrected chi connectivity index (χ2v) is 6.18. The average molecular weight is 360 g/mol. The molecule has 0 unspecified atom stereocenters. The highest BCUT2D eigenvalue weighted by Crippen LogP contribution is 2.45. The van der Waals surface area contributed by atoms with E-state index >= 15 is 0 Å². The van der Waals surface area contributed by atoms with Crippen LogP contribution >= 0.6 is 0 Å². The van der Waals surface area contributed by atoms with Crippen molar-refractivity contribution < 1.29 is 28.8 Å². The number of ether oxygens (including phenoxy) is 5. The Morgan fingerprint density at radius 1 is 0.846 bits per heavy atom. The highest BCUT2D eigenvalue weighted by molar-refractivity contribution is 5.48. The van der Waals surface area contributed by atoms with E-state index in [2.05, 4.69) is 0 Å². The molecule has 0 aliphatic carbocycles. The molecule has 1 aliphatic rings. The first-order chi connectivity index (χ1) is 12.6. The van der Waals surface area contributed by atoms with Gasteiger partial charge in [-0.1, -0.05) is 12.1 Å². The van der Waals surface area contributed by atoms with Gasteiger partial charge in [-0.3, -0.25) is 0 Å². The Labute approximate surface area is 153 Å². The number of hydrogen-bond donors (Lipinski definition) is 1. The molecule has 140 valence electrons. The van der Waals surface area contributed by atoms with Crippen LogP contribution in [0.4, 0.5) is 0 Å². The topological polar surface area (TPSA) is 66.4 Å². The first kappa shape index (κ1) is 18.4. The Morgan fingerprint density at radius 3 is 2.04 bits per heavy atom. The van der Waals surface area contributed by atoms with Crippen LogP contribution < -0.4 is 18.9 Å². The molecule has 2 aromatic rings. The lowest BCUT2D eigenvalue weighted by Gasteiger charge is -2.30. The van der Waals surface area contributed by atoms with Crippen LogP contribution in [0, 0.1) is 0 Å². The number of rotatable bonds is 6. The molecule has 6 nitrogen and oxygen atoms in total. The van der Waals surface area contributed by atoms with E-state index in [-0.39, 0.29) is 12.5 Å². The maximum atomic E-state index is 11.5. The molecule has 2 aromatic carbocycles. The van der Waals surface area contributed by atoms with E-state index in [1.807, 2.05) is 24.3 Å². The Balaban J connectivity index is 2.01. The van der Waals surface area contributed by atoms with Crippen molar-refractivity contribution in [1.82, 2.24) is 0 Å². The third-order valence-electron chi connectivity index (χ3n) is 4.88. The van der Waals surface area contributed by atoms with Crippen LogP contribution in [0.15, 0.2) is 36.4 Å². The van der Waals surface area contributed by atoms with Gasteiger partial charge in [0.1, 0.15) is 5.60 Å². The van der Waals surface area contributed by atoms with Crippen LogP contribution in [-0.2, 0) is 10.3 Å². The fourth-order valence-electron chi connectivity index (χ4n) is 3.40. The zero-order valence-electron chi connectivity index (χ0n) is 15.4. The third kappa shape index (κ3) is 3.06. The summed E-state index contributed by atoms with van der Waals surface area (Å²) in [5, 5.41) is 11.5. The Bertz CT molecular complexity index is 775. The van der Waals surface area contributed by atoms with Gasteiger partial charge in [-0.25, -0.2) is 0 Å². The van der Waals surface area contributed by atoms with E-state index < -0.39 is 5.60 Å². The molecule has 0 spiro atoms. The number of benzene rings is 2. The minimum Gasteiger partial charge on any atom is -0.493 e. The summed E-state index contributed by atoms with van der Waals surface area (Å²) in [6.07, 6.45) is 0. The summed E-state index contributed by atoms with van der Waals surface area (Å²) in [6.45, 7) is 0.599. The van der Waals surface area contributed by atoms with Gasteiger partial charge in [-0.05, 0) is 35.4 Å². The molecular formula is C20H24O6. The van der Waals surface area contributed by atoms with Gasteiger partial charge < -0.3 is 28.8 Å². The van der Waals surface area contributed by atoms with E-state index in [1.54, 1.807) is 40.6 Å². The van der Waals surface area contributed by atoms with E-state index in [4.69, 9.17) is 23.7 Å². The molecule has 2 atom stereocenters. The van der Waals surface area contributed by atoms with Crippen LogP contribution in [0.3, 0.4) is 0 Å². The fraction of sp³-hybridized carbons (Fsp3) is 0.400. The van der Waals surface area contributed by atoms with Gasteiger partial charge in [0.25, 0.3) is 0 Å². The van der Waals surface area contributed by atoms with Crippen molar-refractivity contribution in [1.29, 1.82) is 0 Å². The van der Waals surface area contributed by atoms with Gasteiger partial charge in [-0.15, -0.1) is 0 Å². The summed E-state index contributed by atoms with van der Waals surface area (Å²) in [4.78, 5) is 0. The molecule has 1 N–H and O–H groups in total. The molecule has 0 bridgehead atoms. The Kier molecular flexibility index (Phi) is 5.25. The predicted molar refractivity (Wildman–Crippen MR) is 96.5 cm³/mol. The molecule has 6 heteroatoms. The van der Waals surface area contributed by atoms with Gasteiger partial charge in [0, 0.05) is 5.92 Å². The van der Waals surface area contributed by atoms with Crippen LogP contribution in [0.1, 0.15) is 17.0 Å². The first-order valence-electron chi connectivity index (χ1n) is 8.32. The van der Waals surface area contributed by atoms with Crippen LogP contribution in [-0.4, -0.2) is 46.8 Å². The minimum absolute atomic E-state index is 0.196. The second kappa shape index (κ2) is 7.43. The summed E-state index contributed by atoms with van der Waals surface area (Å²) >= 11 is 0. The van der Waals surface area contributed by atoms with Gasteiger partial charge in [-0.2, -0.15) is 0 Å². The number of methoxy groups -OCH3 is 4. The highest BCUT2D eigenvalue weighted by atomic mass is 16.5. The van der Waals surface area contributed by atoms with Crippen molar-refractivity contribution in [3.8, 4) is 23.0 Å². The van der Waals surface area contributed by atoms with Crippen molar-refractivity contribution in [3.63, 3.8) is 0 Å². The normalized spacial score (nSPS) is 22.1. The smallest absolute Gasteiger partial charge is 0.161 e. The molecule has 26 heavy (non-hydrogen) atoms. The van der Waals surface area contributed by atoms with Gasteiger partial charge in [0.2, 0.25) is 0 Å². The van der Waals surface area contributed by atoms with E-state index in [0.29, 0.717) is 35.2 Å². The average Bonchev–Trinajstić information content (AvgIpc) is 3.09. The lowest BCUT2D eigenvalue weighted by atomic mass is 9.79. The molecule has 1 fully saturated rings. The quantitative estimate of drug-likeness (QED) is 0.854. The first-order valence-corrected chi connectivity index (χ1v) is 8.32. The summed E-state index contributed by atoms with van der Waals surface area (Å²) in [5.74, 6) is 2.19. The van der Waals surface area contributed by atoms with Crippen molar-refractivity contribution in [2.24, 2.45) is 0 Å². The summed E-state index contributed by atoms with van der Waals surface area (Å²) in [7, 11) is 6.34. The van der Waals surface area contributed by atoms with E-state index in [0.717, 1.165) is 5.56 Å². The minimum atomic E-state index is -1.18. The van der Waals surface area contributed by atoms with Gasteiger partial charge in [0.15, 0.2) is 23.0 Å². The van der Waals surface area contributed by atoms with Crippen molar-refractivity contribution >= 4 is 0 Å². The third-order valence-corrected chi connectivity index (χ3v) is 4.88. The molecular weight excluding hydrogens is 336 g/mol. The molecule has 0 radical (unpaired) electrons. The fourth-order valence-corrected chi connectivity index (χ4v) is 3.40. The zero-order chi connectivity index (χ0) is 18.7. The van der Waals surface area contributed by atoms with Crippen molar-refractivity contribution in [3.05, 3.63) is 47.5 Å². The molecule has 0 amide bonds. The molecule has 1 heterocycles. The van der Waals surface area contributed by atoms with E-state index in [9.17, 15) is 5.11 Å². The summed E-state index contributed by atoms with van der Waals surface area (Å²) in [6, 6.07) is 11.1. The number of aliphatic hydroxyl groups is 1. The second-order valence-electron chi connectivity index (χ2n) is 6.18. The SMILES string of the molecule is COc1ccc([C@H]2COC[C@]2(O)c2ccc(OC)c(OC)c2)cc1OC. The van der Waals surface area contributed by atoms with Crippen molar-refractivity contribution in [2.45, 2.75) is 11.5 Å². The predicted octanol–water partition coefficient (Wildman–Crippen LogP) is 2.72. The highest BCUT2D eigenvalue weighted by Gasteiger charge is 2.45. The molecule has 1 aliphatic heterocycles. The van der Waals surface area contributed by atoms with E-state index in [1.165, 1.54) is 0 Å². The maximum Gasteiger partial charge on any atom is 0.161 e. The standard InChI is InChI=1S/C20H24O6/c1-22-16-7-5-13(9-18(16)24-3)15-11-26-12-20(15,21)14-6-8-17(23-2)19(10-14)25-4/h5-10,15,21H,11-12H2,1-4H3/t15-,20+/m1/s1. The molecule has 1 saturated heterocycles. The Hall–Kier alpha value is -2.44. The van der Waals surface area contributed by atoms with Crippen LogP contribution in [0.5, 0.6) is 23.0 Å². The van der Waals surface area contributed by atoms with Gasteiger partial charge >= 0.3 is 0 Å². The molecule has 0 saturated carbocycles. The van der Waals surface area contributed by atoms with Crippen molar-refractivity contribution in [2.75, 3.05) is 41.7 Å².